The lowest BCUT2D eigenvalue weighted by Gasteiger charge is -2.24. The van der Waals surface area contributed by atoms with E-state index in [2.05, 4.69) is 5.32 Å². The third-order valence-electron chi connectivity index (χ3n) is 4.94. The summed E-state index contributed by atoms with van der Waals surface area (Å²) in [7, 11) is 3.48. The van der Waals surface area contributed by atoms with Crippen LogP contribution in [0.3, 0.4) is 0 Å². The number of rotatable bonds is 3. The van der Waals surface area contributed by atoms with Gasteiger partial charge in [-0.25, -0.2) is 0 Å². The number of fused-ring (bicyclic) bond motifs is 1. The van der Waals surface area contributed by atoms with Crippen LogP contribution in [0.1, 0.15) is 32.1 Å². The van der Waals surface area contributed by atoms with Gasteiger partial charge in [0.25, 0.3) is 0 Å². The zero-order chi connectivity index (χ0) is 14.8. The van der Waals surface area contributed by atoms with Crippen molar-refractivity contribution in [2.45, 2.75) is 44.2 Å². The number of hydrogen-bond donors (Lipinski definition) is 1. The standard InChI is InChI=1S/C17H24N2O2/c1-19(15-9-5-6-10-16(15)21-2)17(20)14-11-12-7-3-4-8-13(12)18-14/h5-6,9-10,12-14,18H,3-4,7-8,11H2,1-2H3. The monoisotopic (exact) mass is 288 g/mol. The molecule has 3 rings (SSSR count). The Hall–Kier alpha value is -1.55. The molecule has 0 bridgehead atoms. The predicted molar refractivity (Wildman–Crippen MR) is 83.7 cm³/mol. The van der Waals surface area contributed by atoms with E-state index in [4.69, 9.17) is 4.74 Å². The smallest absolute Gasteiger partial charge is 0.243 e. The van der Waals surface area contributed by atoms with Crippen LogP contribution in [0.2, 0.25) is 0 Å². The number of nitrogens with one attached hydrogen (secondary N) is 1. The number of methoxy groups -OCH3 is 1. The number of amides is 1. The number of ether oxygens (including phenoxy) is 1. The Balaban J connectivity index is 1.73. The first kappa shape index (κ1) is 14.4. The van der Waals surface area contributed by atoms with Crippen molar-refractivity contribution < 1.29 is 9.53 Å². The van der Waals surface area contributed by atoms with Crippen LogP contribution in [0.4, 0.5) is 5.69 Å². The van der Waals surface area contributed by atoms with Crippen LogP contribution in [0.25, 0.3) is 0 Å². The molecule has 4 heteroatoms. The van der Waals surface area contributed by atoms with Gasteiger partial charge < -0.3 is 15.0 Å². The third kappa shape index (κ3) is 2.77. The predicted octanol–water partition coefficient (Wildman–Crippen LogP) is 2.58. The van der Waals surface area contributed by atoms with Crippen LogP contribution in [0, 0.1) is 5.92 Å². The zero-order valence-corrected chi connectivity index (χ0v) is 12.8. The Bertz CT molecular complexity index is 503. The Kier molecular flexibility index (Phi) is 4.15. The third-order valence-corrected chi connectivity index (χ3v) is 4.94. The molecule has 21 heavy (non-hydrogen) atoms. The van der Waals surface area contributed by atoms with Crippen molar-refractivity contribution in [3.63, 3.8) is 0 Å². The molecular formula is C17H24N2O2. The van der Waals surface area contributed by atoms with Gasteiger partial charge in [0, 0.05) is 13.1 Å². The second kappa shape index (κ2) is 6.06. The second-order valence-electron chi connectivity index (χ2n) is 6.18. The van der Waals surface area contributed by atoms with E-state index in [-0.39, 0.29) is 11.9 Å². The van der Waals surface area contributed by atoms with Gasteiger partial charge in [-0.2, -0.15) is 0 Å². The number of hydrogen-bond acceptors (Lipinski definition) is 3. The minimum atomic E-state index is -0.0481. The van der Waals surface area contributed by atoms with E-state index in [1.807, 2.05) is 31.3 Å². The number of anilines is 1. The highest BCUT2D eigenvalue weighted by Gasteiger charge is 2.39. The van der Waals surface area contributed by atoms with E-state index in [9.17, 15) is 4.79 Å². The second-order valence-corrected chi connectivity index (χ2v) is 6.18. The number of nitrogens with zero attached hydrogens (tertiary/aromatic N) is 1. The number of para-hydroxylation sites is 2. The number of carbonyl (C=O) groups excluding carboxylic acids is 1. The van der Waals surface area contributed by atoms with E-state index in [0.29, 0.717) is 12.0 Å². The molecule has 1 N–H and O–H groups in total. The van der Waals surface area contributed by atoms with Crippen LogP contribution in [0.5, 0.6) is 5.75 Å². The molecule has 2 aliphatic rings. The molecule has 1 saturated carbocycles. The van der Waals surface area contributed by atoms with Gasteiger partial charge in [0.05, 0.1) is 18.8 Å². The fraction of sp³-hybridized carbons (Fsp3) is 0.588. The average Bonchev–Trinajstić information content (AvgIpc) is 2.97. The van der Waals surface area contributed by atoms with Crippen LogP contribution in [-0.4, -0.2) is 32.1 Å². The van der Waals surface area contributed by atoms with Gasteiger partial charge in [0.15, 0.2) is 0 Å². The lowest BCUT2D eigenvalue weighted by atomic mass is 9.85. The van der Waals surface area contributed by atoms with Crippen molar-refractivity contribution in [1.29, 1.82) is 0 Å². The molecule has 1 amide bonds. The highest BCUT2D eigenvalue weighted by atomic mass is 16.5. The molecule has 0 radical (unpaired) electrons. The van der Waals surface area contributed by atoms with Crippen LogP contribution in [0.15, 0.2) is 24.3 Å². The molecule has 2 fully saturated rings. The topological polar surface area (TPSA) is 41.6 Å². The summed E-state index contributed by atoms with van der Waals surface area (Å²) in [5.74, 6) is 1.57. The summed E-state index contributed by atoms with van der Waals surface area (Å²) in [6.45, 7) is 0. The van der Waals surface area contributed by atoms with E-state index in [1.165, 1.54) is 25.7 Å². The first-order chi connectivity index (χ1) is 10.2. The zero-order valence-electron chi connectivity index (χ0n) is 12.8. The summed E-state index contributed by atoms with van der Waals surface area (Å²) < 4.78 is 5.36. The van der Waals surface area contributed by atoms with Crippen LogP contribution >= 0.6 is 0 Å². The normalized spacial score (nSPS) is 28.0. The summed E-state index contributed by atoms with van der Waals surface area (Å²) in [5.41, 5.74) is 0.835. The minimum absolute atomic E-state index is 0.0481. The van der Waals surface area contributed by atoms with Crippen molar-refractivity contribution in [2.75, 3.05) is 19.1 Å². The molecule has 1 aliphatic carbocycles. The molecule has 1 aromatic rings. The fourth-order valence-electron chi connectivity index (χ4n) is 3.77. The van der Waals surface area contributed by atoms with Gasteiger partial charge in [-0.05, 0) is 37.3 Å². The molecule has 0 aromatic heterocycles. The van der Waals surface area contributed by atoms with E-state index < -0.39 is 0 Å². The number of carbonyl (C=O) groups is 1. The Morgan fingerprint density at radius 2 is 2.05 bits per heavy atom. The molecule has 3 atom stereocenters. The van der Waals surface area contributed by atoms with Gasteiger partial charge in [-0.15, -0.1) is 0 Å². The first-order valence-corrected chi connectivity index (χ1v) is 7.87. The number of benzene rings is 1. The SMILES string of the molecule is COc1ccccc1N(C)C(=O)C1CC2CCCCC2N1. The highest BCUT2D eigenvalue weighted by Crippen LogP contribution is 2.35. The Labute approximate surface area is 126 Å². The molecule has 1 aliphatic heterocycles. The van der Waals surface area contributed by atoms with Crippen molar-refractivity contribution in [1.82, 2.24) is 5.32 Å². The first-order valence-electron chi connectivity index (χ1n) is 7.87. The maximum Gasteiger partial charge on any atom is 0.243 e. The van der Waals surface area contributed by atoms with E-state index >= 15 is 0 Å². The van der Waals surface area contributed by atoms with Crippen LogP contribution < -0.4 is 15.0 Å². The van der Waals surface area contributed by atoms with Gasteiger partial charge in [0.2, 0.25) is 5.91 Å². The van der Waals surface area contributed by atoms with Crippen molar-refractivity contribution in [3.8, 4) is 5.75 Å². The molecule has 114 valence electrons. The molecule has 0 spiro atoms. The highest BCUT2D eigenvalue weighted by molar-refractivity contribution is 5.98. The maximum atomic E-state index is 12.8. The van der Waals surface area contributed by atoms with Crippen molar-refractivity contribution in [3.05, 3.63) is 24.3 Å². The summed E-state index contributed by atoms with van der Waals surface area (Å²) in [6, 6.07) is 8.17. The average molecular weight is 288 g/mol. The fourth-order valence-corrected chi connectivity index (χ4v) is 3.77. The Morgan fingerprint density at radius 3 is 2.81 bits per heavy atom. The summed E-state index contributed by atoms with van der Waals surface area (Å²) in [5, 5.41) is 3.55. The van der Waals surface area contributed by atoms with Crippen molar-refractivity contribution in [2.24, 2.45) is 5.92 Å². The number of likely N-dealkylation sites (N-methyl/N-ethyl adjacent to an activating group) is 1. The quantitative estimate of drug-likeness (QED) is 0.929. The van der Waals surface area contributed by atoms with Gasteiger partial charge in [0.1, 0.15) is 5.75 Å². The summed E-state index contributed by atoms with van der Waals surface area (Å²) in [6.07, 6.45) is 6.05. The molecular weight excluding hydrogens is 264 g/mol. The molecule has 3 unspecified atom stereocenters. The molecule has 1 heterocycles. The lowest BCUT2D eigenvalue weighted by Crippen LogP contribution is -2.44. The molecule has 1 saturated heterocycles. The van der Waals surface area contributed by atoms with E-state index in [1.54, 1.807) is 12.0 Å². The van der Waals surface area contributed by atoms with E-state index in [0.717, 1.165) is 17.9 Å². The summed E-state index contributed by atoms with van der Waals surface area (Å²) >= 11 is 0. The minimum Gasteiger partial charge on any atom is -0.495 e. The lowest BCUT2D eigenvalue weighted by molar-refractivity contribution is -0.120. The van der Waals surface area contributed by atoms with Crippen molar-refractivity contribution >= 4 is 11.6 Å². The van der Waals surface area contributed by atoms with Gasteiger partial charge in [-0.1, -0.05) is 25.0 Å². The molecule has 1 aromatic carbocycles. The van der Waals surface area contributed by atoms with Crippen LogP contribution in [-0.2, 0) is 4.79 Å². The largest absolute Gasteiger partial charge is 0.495 e. The summed E-state index contributed by atoms with van der Waals surface area (Å²) in [4.78, 5) is 14.5. The van der Waals surface area contributed by atoms with Gasteiger partial charge in [-0.3, -0.25) is 4.79 Å². The maximum absolute atomic E-state index is 12.8. The molecule has 4 nitrogen and oxygen atoms in total. The Morgan fingerprint density at radius 1 is 1.29 bits per heavy atom. The van der Waals surface area contributed by atoms with Gasteiger partial charge >= 0.3 is 0 Å².